The molecule has 2 aromatic rings. The predicted molar refractivity (Wildman–Crippen MR) is 96.0 cm³/mol. The lowest BCUT2D eigenvalue weighted by atomic mass is 10.1. The minimum Gasteiger partial charge on any atom is -0.448 e. The first-order valence-electron chi connectivity index (χ1n) is 7.36. The Balaban J connectivity index is 2.91. The molecule has 0 spiro atoms. The van der Waals surface area contributed by atoms with E-state index in [0.717, 1.165) is 4.68 Å². The van der Waals surface area contributed by atoms with E-state index in [0.29, 0.717) is 5.56 Å². The minimum absolute atomic E-state index is 0.0663. The zero-order chi connectivity index (χ0) is 18.2. The second kappa shape index (κ2) is 6.53. The van der Waals surface area contributed by atoms with Gasteiger partial charge >= 0.3 is 6.09 Å². The van der Waals surface area contributed by atoms with Gasteiger partial charge in [0, 0.05) is 5.56 Å². The van der Waals surface area contributed by atoms with E-state index < -0.39 is 17.2 Å². The van der Waals surface area contributed by atoms with Crippen molar-refractivity contribution in [3.05, 3.63) is 38.6 Å². The molecule has 6 nitrogen and oxygen atoms in total. The highest BCUT2D eigenvalue weighted by Gasteiger charge is 2.31. The van der Waals surface area contributed by atoms with E-state index in [-0.39, 0.29) is 28.0 Å². The van der Waals surface area contributed by atoms with E-state index >= 15 is 0 Å². The molecule has 24 heavy (non-hydrogen) atoms. The van der Waals surface area contributed by atoms with Gasteiger partial charge in [0.2, 0.25) is 0 Å². The number of hydrogen-bond acceptors (Lipinski definition) is 4. The van der Waals surface area contributed by atoms with Gasteiger partial charge in [-0.05, 0) is 39.8 Å². The van der Waals surface area contributed by atoms with Crippen LogP contribution in [0, 0.1) is 0 Å². The van der Waals surface area contributed by atoms with Gasteiger partial charge in [0.15, 0.2) is 0 Å². The lowest BCUT2D eigenvalue weighted by Crippen LogP contribution is -2.39. The first-order chi connectivity index (χ1) is 11.1. The normalized spacial score (nSPS) is 11.6. The summed E-state index contributed by atoms with van der Waals surface area (Å²) in [5.41, 5.74) is 5.31. The van der Waals surface area contributed by atoms with Crippen molar-refractivity contribution < 1.29 is 9.53 Å². The third-order valence-electron chi connectivity index (χ3n) is 3.38. The number of anilines is 1. The Morgan fingerprint density at radius 3 is 2.21 bits per heavy atom. The number of rotatable bonds is 2. The molecule has 8 heteroatoms. The molecular formula is C16H19Cl2N3O3. The van der Waals surface area contributed by atoms with Crippen LogP contribution in [0.2, 0.25) is 10.0 Å². The lowest BCUT2D eigenvalue weighted by Gasteiger charge is -2.23. The highest BCUT2D eigenvalue weighted by Crippen LogP contribution is 2.36. The van der Waals surface area contributed by atoms with E-state index in [1.807, 2.05) is 0 Å². The Kier molecular flexibility index (Phi) is 5.01. The fraction of sp³-hybridized carbons (Fsp3) is 0.375. The van der Waals surface area contributed by atoms with Gasteiger partial charge in [-0.3, -0.25) is 4.79 Å². The molecule has 0 radical (unpaired) electrons. The molecule has 0 bridgehead atoms. The third-order valence-corrected chi connectivity index (χ3v) is 4.01. The number of halogens is 2. The summed E-state index contributed by atoms with van der Waals surface area (Å²) in [6.07, 6.45) is -0.739. The molecule has 1 aromatic carbocycles. The summed E-state index contributed by atoms with van der Waals surface area (Å²) in [5.74, 6) is -0.0663. The standard InChI is InChI=1S/C16H19Cl2N3O3/c1-5-24-15(23)20-13(19)12(14(22)21(20)16(2,3)4)11-9(17)7-6-8-10(11)18/h6-8H,5,19H2,1-4H3. The highest BCUT2D eigenvalue weighted by molar-refractivity contribution is 6.39. The molecule has 130 valence electrons. The van der Waals surface area contributed by atoms with Crippen LogP contribution in [-0.4, -0.2) is 22.1 Å². The predicted octanol–water partition coefficient (Wildman–Crippen LogP) is 3.97. The number of aromatic nitrogens is 2. The van der Waals surface area contributed by atoms with Crippen molar-refractivity contribution in [1.29, 1.82) is 0 Å². The van der Waals surface area contributed by atoms with Gasteiger partial charge in [-0.2, -0.15) is 4.68 Å². The Labute approximate surface area is 149 Å². The van der Waals surface area contributed by atoms with Gasteiger partial charge in [0.05, 0.1) is 27.8 Å². The topological polar surface area (TPSA) is 79.2 Å². The number of hydrogen-bond donors (Lipinski definition) is 1. The number of nitrogens with zero attached hydrogens (tertiary/aromatic N) is 2. The summed E-state index contributed by atoms with van der Waals surface area (Å²) in [5, 5.41) is 0.543. The summed E-state index contributed by atoms with van der Waals surface area (Å²) in [6, 6.07) is 4.87. The quantitative estimate of drug-likeness (QED) is 0.865. The summed E-state index contributed by atoms with van der Waals surface area (Å²) in [7, 11) is 0. The molecule has 2 N–H and O–H groups in total. The summed E-state index contributed by atoms with van der Waals surface area (Å²) < 4.78 is 7.30. The van der Waals surface area contributed by atoms with Gasteiger partial charge < -0.3 is 10.5 Å². The van der Waals surface area contributed by atoms with Crippen LogP contribution in [0.25, 0.3) is 11.1 Å². The summed E-state index contributed by atoms with van der Waals surface area (Å²) >= 11 is 12.4. The number of benzene rings is 1. The van der Waals surface area contributed by atoms with Crippen LogP contribution >= 0.6 is 23.2 Å². The highest BCUT2D eigenvalue weighted by atomic mass is 35.5. The number of nitrogen functional groups attached to an aromatic ring is 1. The van der Waals surface area contributed by atoms with Crippen molar-refractivity contribution in [3.63, 3.8) is 0 Å². The Morgan fingerprint density at radius 1 is 1.21 bits per heavy atom. The van der Waals surface area contributed by atoms with E-state index in [1.165, 1.54) is 4.68 Å². The van der Waals surface area contributed by atoms with Crippen LogP contribution in [0.5, 0.6) is 0 Å². The molecule has 0 saturated carbocycles. The van der Waals surface area contributed by atoms with Crippen molar-refractivity contribution in [2.75, 3.05) is 12.3 Å². The maximum absolute atomic E-state index is 13.0. The smallest absolute Gasteiger partial charge is 0.435 e. The third kappa shape index (κ3) is 3.03. The molecule has 2 rings (SSSR count). The van der Waals surface area contributed by atoms with Crippen molar-refractivity contribution >= 4 is 35.1 Å². The van der Waals surface area contributed by atoms with Gasteiger partial charge in [-0.15, -0.1) is 0 Å². The average molecular weight is 372 g/mol. The molecular weight excluding hydrogens is 353 g/mol. The summed E-state index contributed by atoms with van der Waals surface area (Å²) in [4.78, 5) is 25.3. The van der Waals surface area contributed by atoms with Crippen molar-refractivity contribution in [2.45, 2.75) is 33.2 Å². The molecule has 1 aromatic heterocycles. The van der Waals surface area contributed by atoms with Gasteiger partial charge in [0.25, 0.3) is 5.56 Å². The number of nitrogens with two attached hydrogens (primary N) is 1. The minimum atomic E-state index is -0.739. The van der Waals surface area contributed by atoms with Crippen LogP contribution in [0.4, 0.5) is 10.6 Å². The van der Waals surface area contributed by atoms with Crippen LogP contribution in [0.15, 0.2) is 23.0 Å². The Morgan fingerprint density at radius 2 is 1.75 bits per heavy atom. The number of carbonyl (C=O) groups excluding carboxylic acids is 1. The Hall–Kier alpha value is -1.92. The molecule has 1 heterocycles. The van der Waals surface area contributed by atoms with Crippen LogP contribution in [0.3, 0.4) is 0 Å². The molecule has 0 aliphatic carbocycles. The Bertz CT molecular complexity index is 827. The van der Waals surface area contributed by atoms with E-state index in [2.05, 4.69) is 0 Å². The number of ether oxygens (including phenoxy) is 1. The monoisotopic (exact) mass is 371 g/mol. The zero-order valence-corrected chi connectivity index (χ0v) is 15.4. The average Bonchev–Trinajstić information content (AvgIpc) is 2.71. The lowest BCUT2D eigenvalue weighted by molar-refractivity contribution is 0.139. The number of carbonyl (C=O) groups is 1. The summed E-state index contributed by atoms with van der Waals surface area (Å²) in [6.45, 7) is 7.16. The van der Waals surface area contributed by atoms with Gasteiger partial charge in [-0.1, -0.05) is 29.3 Å². The second-order valence-corrected chi connectivity index (χ2v) is 6.97. The molecule has 0 atom stereocenters. The molecule has 0 aliphatic heterocycles. The van der Waals surface area contributed by atoms with Crippen molar-refractivity contribution in [3.8, 4) is 11.1 Å². The molecule has 0 aliphatic rings. The zero-order valence-electron chi connectivity index (χ0n) is 13.9. The van der Waals surface area contributed by atoms with Crippen molar-refractivity contribution in [1.82, 2.24) is 9.36 Å². The van der Waals surface area contributed by atoms with Gasteiger partial charge in [-0.25, -0.2) is 9.48 Å². The SMILES string of the molecule is CCOC(=O)n1c(N)c(-c2c(Cl)cccc2Cl)c(=O)n1C(C)(C)C. The van der Waals surface area contributed by atoms with E-state index in [4.69, 9.17) is 33.7 Å². The molecule has 0 fully saturated rings. The fourth-order valence-corrected chi connectivity index (χ4v) is 3.05. The van der Waals surface area contributed by atoms with Crippen LogP contribution in [0.1, 0.15) is 27.7 Å². The first kappa shape index (κ1) is 18.4. The van der Waals surface area contributed by atoms with E-state index in [1.54, 1.807) is 45.9 Å². The molecule has 0 amide bonds. The van der Waals surface area contributed by atoms with Crippen molar-refractivity contribution in [2.24, 2.45) is 0 Å². The van der Waals surface area contributed by atoms with Crippen LogP contribution < -0.4 is 11.3 Å². The second-order valence-electron chi connectivity index (χ2n) is 6.16. The van der Waals surface area contributed by atoms with Crippen LogP contribution in [-0.2, 0) is 10.3 Å². The fourth-order valence-electron chi connectivity index (χ4n) is 2.46. The molecule has 0 saturated heterocycles. The maximum Gasteiger partial charge on any atom is 0.435 e. The maximum atomic E-state index is 13.0. The van der Waals surface area contributed by atoms with Gasteiger partial charge in [0.1, 0.15) is 5.82 Å². The first-order valence-corrected chi connectivity index (χ1v) is 8.12. The largest absolute Gasteiger partial charge is 0.448 e. The van der Waals surface area contributed by atoms with E-state index in [9.17, 15) is 9.59 Å². The molecule has 0 unspecified atom stereocenters.